The molecule has 0 spiro atoms. The number of hydrogen-bond donors (Lipinski definition) is 0. The number of carbonyl (C=O) groups is 2. The lowest BCUT2D eigenvalue weighted by Crippen LogP contribution is -2.33. The smallest absolute Gasteiger partial charge is 0.317 e. The predicted octanol–water partition coefficient (Wildman–Crippen LogP) is 3.19. The first-order chi connectivity index (χ1) is 12.3. The maximum absolute atomic E-state index is 11.9. The van der Waals surface area contributed by atoms with Gasteiger partial charge in [-0.15, -0.1) is 0 Å². The number of hydrogen-bond acceptors (Lipinski definition) is 7. The Morgan fingerprint density at radius 2 is 1.81 bits per heavy atom. The van der Waals surface area contributed by atoms with Crippen LogP contribution < -0.4 is 0 Å². The van der Waals surface area contributed by atoms with Gasteiger partial charge in [0.25, 0.3) is 0 Å². The minimum atomic E-state index is -0.436. The molecule has 7 heteroatoms. The summed E-state index contributed by atoms with van der Waals surface area (Å²) in [4.78, 5) is 23.5. The van der Waals surface area contributed by atoms with Crippen LogP contribution in [-0.4, -0.2) is 60.0 Å². The topological polar surface area (TPSA) is 65.1 Å². The van der Waals surface area contributed by atoms with E-state index in [0.717, 1.165) is 45.1 Å². The second-order valence-corrected chi connectivity index (χ2v) is 9.14. The van der Waals surface area contributed by atoms with Crippen molar-refractivity contribution in [3.63, 3.8) is 0 Å². The molecule has 6 nitrogen and oxygen atoms in total. The van der Waals surface area contributed by atoms with Crippen LogP contribution in [0.5, 0.6) is 0 Å². The highest BCUT2D eigenvalue weighted by Crippen LogP contribution is 2.30. The first-order valence-electron chi connectivity index (χ1n) is 9.59. The van der Waals surface area contributed by atoms with Gasteiger partial charge in [-0.1, -0.05) is 11.9 Å². The number of nitrogens with zero attached hydrogens (tertiary/aromatic N) is 1. The summed E-state index contributed by atoms with van der Waals surface area (Å²) in [6, 6.07) is 0.348. The lowest BCUT2D eigenvalue weighted by atomic mass is 9.87. The fourth-order valence-corrected chi connectivity index (χ4v) is 4.50. The monoisotopic (exact) mass is 387 g/mol. The highest BCUT2D eigenvalue weighted by atomic mass is 32.2. The summed E-state index contributed by atoms with van der Waals surface area (Å²) in [5.41, 5.74) is -0.436. The van der Waals surface area contributed by atoms with Crippen molar-refractivity contribution in [2.45, 2.75) is 77.0 Å². The molecule has 0 radical (unpaired) electrons. The van der Waals surface area contributed by atoms with E-state index in [4.69, 9.17) is 14.2 Å². The van der Waals surface area contributed by atoms with Gasteiger partial charge in [0.2, 0.25) is 0 Å². The number of rotatable bonds is 7. The number of ether oxygens (including phenoxy) is 3. The molecule has 0 N–H and O–H groups in total. The van der Waals surface area contributed by atoms with Gasteiger partial charge in [-0.2, -0.15) is 0 Å². The second kappa shape index (κ2) is 9.95. The standard InChI is InChI=1S/C19H33NO5S/c1-19(2,3)25-17(21)13-26-20-11-5-6-15(20)12-24-16-9-7-14(8-10-16)18(22)23-4/h14-16H,5-13H2,1-4H3/t14-,15-,16-/m0/s1. The lowest BCUT2D eigenvalue weighted by molar-refractivity contribution is -0.151. The van der Waals surface area contributed by atoms with Crippen molar-refractivity contribution in [3.8, 4) is 0 Å². The van der Waals surface area contributed by atoms with Gasteiger partial charge in [-0.3, -0.25) is 9.59 Å². The largest absolute Gasteiger partial charge is 0.469 e. The van der Waals surface area contributed by atoms with Crippen molar-refractivity contribution >= 4 is 23.9 Å². The van der Waals surface area contributed by atoms with Crippen LogP contribution >= 0.6 is 11.9 Å². The van der Waals surface area contributed by atoms with Crippen LogP contribution in [0.1, 0.15) is 59.3 Å². The number of esters is 2. The van der Waals surface area contributed by atoms with E-state index in [9.17, 15) is 9.59 Å². The molecule has 150 valence electrons. The Labute approximate surface area is 161 Å². The molecule has 0 amide bonds. The summed E-state index contributed by atoms with van der Waals surface area (Å²) < 4.78 is 18.6. The van der Waals surface area contributed by atoms with Gasteiger partial charge >= 0.3 is 11.9 Å². The average molecular weight is 388 g/mol. The zero-order valence-electron chi connectivity index (χ0n) is 16.5. The molecule has 1 saturated carbocycles. The lowest BCUT2D eigenvalue weighted by Gasteiger charge is -2.30. The van der Waals surface area contributed by atoms with Crippen molar-refractivity contribution in [3.05, 3.63) is 0 Å². The summed E-state index contributed by atoms with van der Waals surface area (Å²) in [5, 5.41) is 0. The van der Waals surface area contributed by atoms with E-state index in [1.54, 1.807) is 11.9 Å². The molecule has 2 rings (SSSR count). The summed E-state index contributed by atoms with van der Waals surface area (Å²) >= 11 is 1.55. The third kappa shape index (κ3) is 7.08. The summed E-state index contributed by atoms with van der Waals surface area (Å²) in [6.07, 6.45) is 5.98. The third-order valence-corrected chi connectivity index (χ3v) is 6.00. The molecular weight excluding hydrogens is 354 g/mol. The zero-order valence-corrected chi connectivity index (χ0v) is 17.3. The summed E-state index contributed by atoms with van der Waals surface area (Å²) in [7, 11) is 1.45. The molecule has 2 fully saturated rings. The van der Waals surface area contributed by atoms with Crippen LogP contribution in [-0.2, 0) is 23.8 Å². The van der Waals surface area contributed by atoms with Crippen LogP contribution in [0.2, 0.25) is 0 Å². The molecule has 1 aliphatic heterocycles. The van der Waals surface area contributed by atoms with E-state index in [0.29, 0.717) is 18.4 Å². The first-order valence-corrected chi connectivity index (χ1v) is 10.5. The van der Waals surface area contributed by atoms with Crippen molar-refractivity contribution in [1.82, 2.24) is 4.31 Å². The Morgan fingerprint density at radius 3 is 2.42 bits per heavy atom. The number of methoxy groups -OCH3 is 1. The van der Waals surface area contributed by atoms with E-state index < -0.39 is 5.60 Å². The third-order valence-electron chi connectivity index (χ3n) is 4.82. The van der Waals surface area contributed by atoms with Gasteiger partial charge in [0.15, 0.2) is 0 Å². The van der Waals surface area contributed by atoms with Crippen molar-refractivity contribution in [2.75, 3.05) is 26.0 Å². The zero-order chi connectivity index (χ0) is 19.2. The van der Waals surface area contributed by atoms with Gasteiger partial charge in [-0.05, 0) is 59.3 Å². The summed E-state index contributed by atoms with van der Waals surface area (Å²) in [5.74, 6) is 0.115. The van der Waals surface area contributed by atoms with Crippen LogP contribution in [0.15, 0.2) is 0 Å². The predicted molar refractivity (Wildman–Crippen MR) is 102 cm³/mol. The van der Waals surface area contributed by atoms with E-state index in [1.807, 2.05) is 20.8 Å². The van der Waals surface area contributed by atoms with Gasteiger partial charge in [0.1, 0.15) is 11.4 Å². The molecular formula is C19H33NO5S. The fraction of sp³-hybridized carbons (Fsp3) is 0.895. The molecule has 1 aliphatic carbocycles. The second-order valence-electron chi connectivity index (χ2n) is 8.13. The van der Waals surface area contributed by atoms with E-state index >= 15 is 0 Å². The Balaban J connectivity index is 1.67. The van der Waals surface area contributed by atoms with Gasteiger partial charge in [0.05, 0.1) is 25.7 Å². The minimum Gasteiger partial charge on any atom is -0.469 e. The fourth-order valence-electron chi connectivity index (χ4n) is 3.53. The maximum Gasteiger partial charge on any atom is 0.317 e. The average Bonchev–Trinajstić information content (AvgIpc) is 3.04. The van der Waals surface area contributed by atoms with Gasteiger partial charge in [-0.25, -0.2) is 4.31 Å². The Bertz CT molecular complexity index is 471. The Hall–Kier alpha value is -0.790. The van der Waals surface area contributed by atoms with Crippen molar-refractivity contribution < 1.29 is 23.8 Å². The first kappa shape index (κ1) is 21.5. The molecule has 1 saturated heterocycles. The molecule has 1 heterocycles. The van der Waals surface area contributed by atoms with Crippen LogP contribution in [0.4, 0.5) is 0 Å². The number of carbonyl (C=O) groups excluding carboxylic acids is 2. The highest BCUT2D eigenvalue weighted by Gasteiger charge is 2.30. The van der Waals surface area contributed by atoms with Gasteiger partial charge < -0.3 is 14.2 Å². The van der Waals surface area contributed by atoms with E-state index in [2.05, 4.69) is 4.31 Å². The summed E-state index contributed by atoms with van der Waals surface area (Å²) in [6.45, 7) is 7.33. The molecule has 0 aromatic heterocycles. The highest BCUT2D eigenvalue weighted by molar-refractivity contribution is 7.97. The molecule has 26 heavy (non-hydrogen) atoms. The Morgan fingerprint density at radius 1 is 1.12 bits per heavy atom. The minimum absolute atomic E-state index is 0.0345. The van der Waals surface area contributed by atoms with Crippen molar-refractivity contribution in [1.29, 1.82) is 0 Å². The van der Waals surface area contributed by atoms with Crippen molar-refractivity contribution in [2.24, 2.45) is 5.92 Å². The normalized spacial score (nSPS) is 27.3. The molecule has 2 aliphatic rings. The molecule has 0 unspecified atom stereocenters. The van der Waals surface area contributed by atoms with Crippen LogP contribution in [0.25, 0.3) is 0 Å². The molecule has 0 bridgehead atoms. The van der Waals surface area contributed by atoms with E-state index in [-0.39, 0.29) is 24.0 Å². The molecule has 0 aromatic carbocycles. The SMILES string of the molecule is COC(=O)[C@H]1CC[C@H](OC[C@@H]2CCCN2SCC(=O)OC(C)(C)C)CC1. The Kier molecular flexibility index (Phi) is 8.23. The quantitative estimate of drug-likeness (QED) is 0.491. The van der Waals surface area contributed by atoms with E-state index in [1.165, 1.54) is 7.11 Å². The van der Waals surface area contributed by atoms with Crippen LogP contribution in [0.3, 0.4) is 0 Å². The van der Waals surface area contributed by atoms with Gasteiger partial charge in [0, 0.05) is 12.6 Å². The molecule has 1 atom stereocenters. The molecule has 0 aromatic rings. The van der Waals surface area contributed by atoms with Crippen LogP contribution in [0, 0.1) is 5.92 Å². The maximum atomic E-state index is 11.9.